The van der Waals surface area contributed by atoms with Crippen molar-refractivity contribution in [2.24, 2.45) is 0 Å². The molecule has 0 aliphatic rings. The molecular weight excluding hydrogens is 265 g/mol. The van der Waals surface area contributed by atoms with Gasteiger partial charge in [-0.2, -0.15) is 0 Å². The Balaban J connectivity index is 2.39. The Morgan fingerprint density at radius 2 is 2.17 bits per heavy atom. The second-order valence-electron chi connectivity index (χ2n) is 3.33. The number of halogens is 2. The molecular formula is C11H11ClFNO4. The third kappa shape index (κ3) is 4.68. The van der Waals surface area contributed by atoms with Crippen LogP contribution >= 0.6 is 11.6 Å². The predicted molar refractivity (Wildman–Crippen MR) is 62.2 cm³/mol. The number of carboxylic acid groups (broad SMARTS) is 1. The molecule has 0 atom stereocenters. The molecule has 0 aliphatic carbocycles. The first-order valence-electron chi connectivity index (χ1n) is 5.03. The lowest BCUT2D eigenvalue weighted by Crippen LogP contribution is -2.28. The molecule has 0 saturated heterocycles. The molecule has 0 aromatic heterocycles. The van der Waals surface area contributed by atoms with Crippen molar-refractivity contribution in [1.82, 2.24) is 5.32 Å². The molecule has 0 unspecified atom stereocenters. The number of hydrogen-bond acceptors (Lipinski definition) is 3. The first-order chi connectivity index (χ1) is 8.50. The van der Waals surface area contributed by atoms with Crippen molar-refractivity contribution in [3.63, 3.8) is 0 Å². The molecule has 0 spiro atoms. The molecule has 1 amide bonds. The van der Waals surface area contributed by atoms with Crippen LogP contribution in [0.3, 0.4) is 0 Å². The SMILES string of the molecule is O=C(O)COCCNC(=O)c1ccc(F)cc1Cl. The summed E-state index contributed by atoms with van der Waals surface area (Å²) >= 11 is 5.70. The average molecular weight is 276 g/mol. The van der Waals surface area contributed by atoms with E-state index in [1.165, 1.54) is 6.07 Å². The van der Waals surface area contributed by atoms with Gasteiger partial charge < -0.3 is 15.2 Å². The van der Waals surface area contributed by atoms with Crippen LogP contribution in [0, 0.1) is 5.82 Å². The van der Waals surface area contributed by atoms with Gasteiger partial charge in [-0.15, -0.1) is 0 Å². The van der Waals surface area contributed by atoms with Gasteiger partial charge in [-0.25, -0.2) is 9.18 Å². The van der Waals surface area contributed by atoms with E-state index < -0.39 is 24.3 Å². The van der Waals surface area contributed by atoms with Crippen LogP contribution in [-0.2, 0) is 9.53 Å². The van der Waals surface area contributed by atoms with Crippen LogP contribution in [0.4, 0.5) is 4.39 Å². The summed E-state index contributed by atoms with van der Waals surface area (Å²) < 4.78 is 17.5. The summed E-state index contributed by atoms with van der Waals surface area (Å²) in [7, 11) is 0. The van der Waals surface area contributed by atoms with Crippen LogP contribution < -0.4 is 5.32 Å². The molecule has 5 nitrogen and oxygen atoms in total. The zero-order chi connectivity index (χ0) is 13.5. The highest BCUT2D eigenvalue weighted by atomic mass is 35.5. The lowest BCUT2D eigenvalue weighted by molar-refractivity contribution is -0.142. The van der Waals surface area contributed by atoms with Gasteiger partial charge in [-0.05, 0) is 18.2 Å². The maximum Gasteiger partial charge on any atom is 0.329 e. The third-order valence-corrected chi connectivity index (χ3v) is 2.25. The molecule has 0 saturated carbocycles. The number of ether oxygens (including phenoxy) is 1. The number of nitrogens with one attached hydrogen (secondary N) is 1. The predicted octanol–water partition coefficient (Wildman–Crippen LogP) is 1.31. The molecule has 0 fully saturated rings. The van der Waals surface area contributed by atoms with Crippen molar-refractivity contribution < 1.29 is 23.8 Å². The van der Waals surface area contributed by atoms with Crippen LogP contribution in [0.5, 0.6) is 0 Å². The van der Waals surface area contributed by atoms with Crippen molar-refractivity contribution in [2.45, 2.75) is 0 Å². The van der Waals surface area contributed by atoms with Crippen molar-refractivity contribution >= 4 is 23.5 Å². The van der Waals surface area contributed by atoms with Gasteiger partial charge in [-0.3, -0.25) is 4.79 Å². The first-order valence-corrected chi connectivity index (χ1v) is 5.41. The topological polar surface area (TPSA) is 75.6 Å². The van der Waals surface area contributed by atoms with Gasteiger partial charge >= 0.3 is 5.97 Å². The summed E-state index contributed by atoms with van der Waals surface area (Å²) in [5.74, 6) is -2.08. The van der Waals surface area contributed by atoms with E-state index in [-0.39, 0.29) is 23.7 Å². The quantitative estimate of drug-likeness (QED) is 0.768. The Kier molecular flexibility index (Phi) is 5.54. The molecule has 2 N–H and O–H groups in total. The van der Waals surface area contributed by atoms with Crippen molar-refractivity contribution in [1.29, 1.82) is 0 Å². The van der Waals surface area contributed by atoms with E-state index >= 15 is 0 Å². The van der Waals surface area contributed by atoms with E-state index in [1.54, 1.807) is 0 Å². The first kappa shape index (κ1) is 14.4. The minimum Gasteiger partial charge on any atom is -0.480 e. The summed E-state index contributed by atoms with van der Waals surface area (Å²) in [4.78, 5) is 21.7. The molecule has 98 valence electrons. The summed E-state index contributed by atoms with van der Waals surface area (Å²) in [5, 5.41) is 10.8. The number of carbonyl (C=O) groups excluding carboxylic acids is 1. The van der Waals surface area contributed by atoms with E-state index in [0.29, 0.717) is 0 Å². The standard InChI is InChI=1S/C11H11ClFNO4/c12-9-5-7(13)1-2-8(9)11(17)14-3-4-18-6-10(15)16/h1-2,5H,3-4,6H2,(H,14,17)(H,15,16). The zero-order valence-electron chi connectivity index (χ0n) is 9.28. The summed E-state index contributed by atoms with van der Waals surface area (Å²) in [6, 6.07) is 3.43. The summed E-state index contributed by atoms with van der Waals surface area (Å²) in [6.07, 6.45) is 0. The second-order valence-corrected chi connectivity index (χ2v) is 3.73. The number of benzene rings is 1. The minimum atomic E-state index is -1.08. The number of carboxylic acids is 1. The zero-order valence-corrected chi connectivity index (χ0v) is 10.0. The van der Waals surface area contributed by atoms with Gasteiger partial charge in [0.1, 0.15) is 12.4 Å². The summed E-state index contributed by atoms with van der Waals surface area (Å²) in [5.41, 5.74) is 0.149. The monoisotopic (exact) mass is 275 g/mol. The molecule has 18 heavy (non-hydrogen) atoms. The normalized spacial score (nSPS) is 10.1. The number of aliphatic carboxylic acids is 1. The highest BCUT2D eigenvalue weighted by Gasteiger charge is 2.10. The Morgan fingerprint density at radius 3 is 2.78 bits per heavy atom. The Labute approximate surface area is 108 Å². The van der Waals surface area contributed by atoms with Gasteiger partial charge in [0, 0.05) is 6.54 Å². The third-order valence-electron chi connectivity index (χ3n) is 1.93. The number of carbonyl (C=O) groups is 2. The minimum absolute atomic E-state index is 0.0129. The average Bonchev–Trinajstić information content (AvgIpc) is 2.27. The number of amides is 1. The van der Waals surface area contributed by atoms with Crippen molar-refractivity contribution in [3.8, 4) is 0 Å². The van der Waals surface area contributed by atoms with E-state index in [2.05, 4.69) is 5.32 Å². The maximum atomic E-state index is 12.7. The van der Waals surface area contributed by atoms with Crippen molar-refractivity contribution in [2.75, 3.05) is 19.8 Å². The highest BCUT2D eigenvalue weighted by Crippen LogP contribution is 2.16. The molecule has 1 aromatic rings. The molecule has 1 aromatic carbocycles. The van der Waals surface area contributed by atoms with Gasteiger partial charge in [0.2, 0.25) is 0 Å². The Morgan fingerprint density at radius 1 is 1.44 bits per heavy atom. The van der Waals surface area contributed by atoms with E-state index in [0.717, 1.165) is 12.1 Å². The fourth-order valence-electron chi connectivity index (χ4n) is 1.17. The fourth-order valence-corrected chi connectivity index (χ4v) is 1.42. The van der Waals surface area contributed by atoms with Crippen LogP contribution in [0.2, 0.25) is 5.02 Å². The molecule has 0 aliphatic heterocycles. The Hall–Kier alpha value is -1.66. The van der Waals surface area contributed by atoms with E-state index in [4.69, 9.17) is 21.4 Å². The van der Waals surface area contributed by atoms with Gasteiger partial charge in [0.15, 0.2) is 0 Å². The van der Waals surface area contributed by atoms with E-state index in [9.17, 15) is 14.0 Å². The van der Waals surface area contributed by atoms with Crippen LogP contribution in [0.15, 0.2) is 18.2 Å². The number of hydrogen-bond donors (Lipinski definition) is 2. The molecule has 0 radical (unpaired) electrons. The summed E-state index contributed by atoms with van der Waals surface area (Å²) in [6.45, 7) is -0.218. The maximum absolute atomic E-state index is 12.7. The van der Waals surface area contributed by atoms with Gasteiger partial charge in [0.25, 0.3) is 5.91 Å². The van der Waals surface area contributed by atoms with E-state index in [1.807, 2.05) is 0 Å². The van der Waals surface area contributed by atoms with Crippen LogP contribution in [0.1, 0.15) is 10.4 Å². The molecule has 0 heterocycles. The lowest BCUT2D eigenvalue weighted by Gasteiger charge is -2.06. The number of rotatable bonds is 6. The second kappa shape index (κ2) is 6.93. The van der Waals surface area contributed by atoms with Crippen LogP contribution in [-0.4, -0.2) is 36.7 Å². The molecule has 7 heteroatoms. The molecule has 1 rings (SSSR count). The van der Waals surface area contributed by atoms with Gasteiger partial charge in [0.05, 0.1) is 17.2 Å². The fraction of sp³-hybridized carbons (Fsp3) is 0.273. The van der Waals surface area contributed by atoms with Gasteiger partial charge in [-0.1, -0.05) is 11.6 Å². The lowest BCUT2D eigenvalue weighted by atomic mass is 10.2. The smallest absolute Gasteiger partial charge is 0.329 e. The Bertz CT molecular complexity index is 453. The van der Waals surface area contributed by atoms with Crippen molar-refractivity contribution in [3.05, 3.63) is 34.6 Å². The molecule has 0 bridgehead atoms. The van der Waals surface area contributed by atoms with Crippen LogP contribution in [0.25, 0.3) is 0 Å². The largest absolute Gasteiger partial charge is 0.480 e. The highest BCUT2D eigenvalue weighted by molar-refractivity contribution is 6.33.